The van der Waals surface area contributed by atoms with Gasteiger partial charge in [0.25, 0.3) is 0 Å². The van der Waals surface area contributed by atoms with E-state index in [1.807, 2.05) is 0 Å². The predicted octanol–water partition coefficient (Wildman–Crippen LogP) is 18.1. The molecular formula is C29H3F57O12. The van der Waals surface area contributed by atoms with E-state index in [0.717, 1.165) is 56.8 Å². The average Bonchev–Trinajstić information content (AvgIpc) is 0.714. The summed E-state index contributed by atoms with van der Waals surface area (Å²) in [5.41, 5.74) is -8.52. The van der Waals surface area contributed by atoms with Crippen molar-refractivity contribution in [2.24, 2.45) is 5.41 Å². The molecule has 0 bridgehead atoms. The van der Waals surface area contributed by atoms with E-state index in [-0.39, 0.29) is 0 Å². The molecule has 0 saturated carbocycles. The van der Waals surface area contributed by atoms with Gasteiger partial charge in [0.2, 0.25) is 5.41 Å². The van der Waals surface area contributed by atoms with Crippen molar-refractivity contribution in [1.82, 2.24) is 0 Å². The minimum atomic E-state index is -9.15. The lowest BCUT2D eigenvalue weighted by Gasteiger charge is -2.44. The van der Waals surface area contributed by atoms with Crippen LogP contribution in [0.25, 0.3) is 0 Å². The van der Waals surface area contributed by atoms with Gasteiger partial charge in [-0.15, -0.1) is 0 Å². The van der Waals surface area contributed by atoms with Crippen molar-refractivity contribution >= 4 is 0 Å². The SMILES string of the molecule is CC(C(F)(F)F)(C(F)(F)OC(F)(F)C(F)(F)OC(F)(F)C(F)(F)OC(F)(F)C(F)(F)OC(F)(F)C(F)(F)OC(F)(F)C(F)(F)OC(F)(F)C(F)(F)F)C(F)(F)OC(F)(F)C(F)(F)OC(F)(F)C(F)(F)OC(F)(F)C(F)(F)OC(F)(F)C(F)(F)OC(F)(F)C(F)(F)OC(F)(F)C(F)(F)F. The van der Waals surface area contributed by atoms with Crippen molar-refractivity contribution in [2.75, 3.05) is 0 Å². The van der Waals surface area contributed by atoms with E-state index in [4.69, 9.17) is 0 Å². The van der Waals surface area contributed by atoms with Crippen LogP contribution in [-0.4, -0.2) is 165 Å². The standard InChI is InChI=1S/C29H3F57O12/c1-2(3(30,31)32,6(39,40)87-10(47,48)14(55,56)91-18(63,64)22(71,72)95-26(79,80)28(83,84)97-24(75,76)20(67,68)93-16(59,60)12(51,52)89-8(43,44)4(33,34)35)7(41,42)88-11(49,50)15(57,58)92-19(65,66)23(73,74)96-27(81,82)29(85,86)98-25(77,78)21(69,70)94-17(61,62)13(53,54)90-9(45,46)5(36,37)38/h1H3. The Balaban J connectivity index is 7.13. The van der Waals surface area contributed by atoms with Crippen LogP contribution in [0.5, 0.6) is 0 Å². The number of hydrogen-bond donors (Lipinski definition) is 0. The van der Waals surface area contributed by atoms with Gasteiger partial charge in [-0.3, -0.25) is 0 Å². The molecule has 0 fully saturated rings. The summed E-state index contributed by atoms with van der Waals surface area (Å²) in [6, 6.07) is 0. The Bertz CT molecular complexity index is 2530. The summed E-state index contributed by atoms with van der Waals surface area (Å²) in [5.74, 6) is 0. The molecule has 0 aromatic rings. The molecule has 0 aromatic heterocycles. The van der Waals surface area contributed by atoms with Crippen LogP contribution in [0, 0.1) is 5.41 Å². The van der Waals surface area contributed by atoms with Crippen LogP contribution in [0.3, 0.4) is 0 Å². The van der Waals surface area contributed by atoms with E-state index in [1.54, 1.807) is 0 Å². The third-order valence-electron chi connectivity index (χ3n) is 8.86. The van der Waals surface area contributed by atoms with Gasteiger partial charge in [0.1, 0.15) is 0 Å². The molecule has 0 radical (unpaired) electrons. The number of hydrogen-bond acceptors (Lipinski definition) is 12. The molecular weight excluding hydrogens is 1620 g/mol. The minimum absolute atomic E-state index is 0.782. The highest BCUT2D eigenvalue weighted by molar-refractivity contribution is 4.99. The molecule has 69 heteroatoms. The molecule has 0 aliphatic rings. The van der Waals surface area contributed by atoms with E-state index < -0.39 is 177 Å². The molecule has 0 aliphatic heterocycles. The van der Waals surface area contributed by atoms with E-state index >= 15 is 0 Å². The fourth-order valence-electron chi connectivity index (χ4n) is 3.94. The zero-order chi connectivity index (χ0) is 80.5. The quantitative estimate of drug-likeness (QED) is 0.0557. The van der Waals surface area contributed by atoms with Crippen molar-refractivity contribution < 1.29 is 307 Å². The Kier molecular flexibility index (Phi) is 24.0. The molecule has 0 atom stereocenters. The van der Waals surface area contributed by atoms with Crippen molar-refractivity contribution in [3.8, 4) is 0 Å². The molecule has 0 saturated heterocycles. The Labute approximate surface area is 486 Å². The second-order valence-electron chi connectivity index (χ2n) is 16.2. The minimum Gasteiger partial charge on any atom is -0.247 e. The highest BCUT2D eigenvalue weighted by atomic mass is 19.5. The Hall–Kier alpha value is -4.47. The molecule has 0 amide bonds. The molecule has 12 nitrogen and oxygen atoms in total. The summed E-state index contributed by atoms with van der Waals surface area (Å²) in [6.45, 7) is -2.78. The lowest BCUT2D eigenvalue weighted by molar-refractivity contribution is -0.603. The van der Waals surface area contributed by atoms with Crippen LogP contribution in [0.2, 0.25) is 0 Å². The monoisotopic (exact) mass is 1630 g/mol. The molecule has 98 heavy (non-hydrogen) atoms. The van der Waals surface area contributed by atoms with Crippen LogP contribution >= 0.6 is 0 Å². The normalized spacial score (nSPS) is 17.0. The maximum atomic E-state index is 14.6. The molecule has 0 rings (SSSR count). The van der Waals surface area contributed by atoms with Crippen molar-refractivity contribution in [3.63, 3.8) is 0 Å². The first-order chi connectivity index (χ1) is 41.2. The summed E-state index contributed by atoms with van der Waals surface area (Å²) < 4.78 is 780. The smallest absolute Gasteiger partial charge is 0.247 e. The largest absolute Gasteiger partial charge is 0.483 e. The Morgan fingerprint density at radius 3 is 0.245 bits per heavy atom. The van der Waals surface area contributed by atoms with Gasteiger partial charge in [0, 0.05) is 0 Å². The van der Waals surface area contributed by atoms with Crippen LogP contribution in [0.4, 0.5) is 250 Å². The molecule has 0 unspecified atom stereocenters. The third kappa shape index (κ3) is 18.3. The van der Waals surface area contributed by atoms with Gasteiger partial charge in [0.15, 0.2) is 0 Å². The van der Waals surface area contributed by atoms with Gasteiger partial charge >= 0.3 is 165 Å². The first kappa shape index (κ1) is 93.5. The first-order valence-corrected chi connectivity index (χ1v) is 19.9. The second-order valence-corrected chi connectivity index (χ2v) is 16.2. The Morgan fingerprint density at radius 2 is 0.173 bits per heavy atom. The maximum Gasteiger partial charge on any atom is 0.483 e. The molecule has 0 heterocycles. The van der Waals surface area contributed by atoms with E-state index in [0.29, 0.717) is 0 Å². The van der Waals surface area contributed by atoms with Gasteiger partial charge in [0.05, 0.1) is 0 Å². The summed E-state index contributed by atoms with van der Waals surface area (Å²) in [6.07, 6.45) is -234. The van der Waals surface area contributed by atoms with E-state index in [9.17, 15) is 250 Å². The van der Waals surface area contributed by atoms with Gasteiger partial charge < -0.3 is 0 Å². The number of alkyl halides is 57. The van der Waals surface area contributed by atoms with E-state index in [2.05, 4.69) is 0 Å². The van der Waals surface area contributed by atoms with Crippen LogP contribution in [0.15, 0.2) is 0 Å². The number of halogens is 57. The van der Waals surface area contributed by atoms with Crippen molar-refractivity contribution in [3.05, 3.63) is 0 Å². The summed E-state index contributed by atoms with van der Waals surface area (Å²) in [7, 11) is 0. The molecule has 0 aromatic carbocycles. The average molecular weight is 1630 g/mol. The van der Waals surface area contributed by atoms with Crippen LogP contribution < -0.4 is 0 Å². The summed E-state index contributed by atoms with van der Waals surface area (Å²) in [4.78, 5) is 0. The first-order valence-electron chi connectivity index (χ1n) is 19.9. The second kappa shape index (κ2) is 25.2. The molecule has 0 spiro atoms. The zero-order valence-electron chi connectivity index (χ0n) is 41.4. The van der Waals surface area contributed by atoms with E-state index in [1.165, 1.54) is 0 Å². The fourth-order valence-corrected chi connectivity index (χ4v) is 3.94. The summed E-state index contributed by atoms with van der Waals surface area (Å²) >= 11 is 0. The Morgan fingerprint density at radius 1 is 0.102 bits per heavy atom. The zero-order valence-corrected chi connectivity index (χ0v) is 41.4. The van der Waals surface area contributed by atoms with Gasteiger partial charge in [-0.2, -0.15) is 250 Å². The highest BCUT2D eigenvalue weighted by Crippen LogP contribution is 2.64. The van der Waals surface area contributed by atoms with Crippen molar-refractivity contribution in [1.29, 1.82) is 0 Å². The molecule has 0 aliphatic carbocycles. The molecule has 0 N–H and O–H groups in total. The third-order valence-corrected chi connectivity index (χ3v) is 8.86. The van der Waals surface area contributed by atoms with Gasteiger partial charge in [-0.05, 0) is 6.92 Å². The summed E-state index contributed by atoms with van der Waals surface area (Å²) in [5, 5.41) is 0. The number of ether oxygens (including phenoxy) is 12. The highest BCUT2D eigenvalue weighted by Gasteiger charge is 2.88. The molecule has 590 valence electrons. The van der Waals surface area contributed by atoms with Crippen LogP contribution in [-0.2, 0) is 56.8 Å². The fraction of sp³-hybridized carbons (Fsp3) is 1.00. The maximum absolute atomic E-state index is 14.6. The lowest BCUT2D eigenvalue weighted by atomic mass is 9.86. The van der Waals surface area contributed by atoms with Gasteiger partial charge in [-0.1, -0.05) is 0 Å². The lowest BCUT2D eigenvalue weighted by Crippen LogP contribution is -2.68. The number of rotatable bonds is 36. The topological polar surface area (TPSA) is 111 Å². The van der Waals surface area contributed by atoms with Crippen LogP contribution in [0.1, 0.15) is 6.92 Å². The van der Waals surface area contributed by atoms with Crippen molar-refractivity contribution in [2.45, 2.75) is 172 Å². The van der Waals surface area contributed by atoms with Gasteiger partial charge in [-0.25, -0.2) is 56.8 Å². The predicted molar refractivity (Wildman–Crippen MR) is 158 cm³/mol.